The van der Waals surface area contributed by atoms with Gasteiger partial charge in [-0.1, -0.05) is 19.1 Å². The van der Waals surface area contributed by atoms with Gasteiger partial charge in [-0.05, 0) is 30.2 Å². The number of nitro groups is 1. The third kappa shape index (κ3) is 2.53. The van der Waals surface area contributed by atoms with Crippen molar-refractivity contribution in [2.75, 3.05) is 0 Å². The molecule has 4 heteroatoms. The van der Waals surface area contributed by atoms with Gasteiger partial charge in [-0.25, -0.2) is 0 Å². The molecule has 3 atom stereocenters. The highest BCUT2D eigenvalue weighted by Crippen LogP contribution is 2.43. The van der Waals surface area contributed by atoms with Crippen molar-refractivity contribution in [3.8, 4) is 0 Å². The number of rotatable bonds is 4. The number of nitrogens with zero attached hydrogens (tertiary/aromatic N) is 1. The number of non-ortho nitro benzene ring substituents is 1. The minimum absolute atomic E-state index is 0.134. The van der Waals surface area contributed by atoms with Crippen molar-refractivity contribution in [3.05, 3.63) is 39.9 Å². The van der Waals surface area contributed by atoms with Crippen LogP contribution in [0.3, 0.4) is 0 Å². The van der Waals surface area contributed by atoms with E-state index in [9.17, 15) is 10.1 Å². The van der Waals surface area contributed by atoms with Crippen molar-refractivity contribution in [2.45, 2.75) is 25.1 Å². The maximum absolute atomic E-state index is 10.5. The second-order valence-corrected chi connectivity index (χ2v) is 5.08. The lowest BCUT2D eigenvalue weighted by Gasteiger charge is -2.07. The molecule has 0 bridgehead atoms. The Morgan fingerprint density at radius 1 is 1.50 bits per heavy atom. The lowest BCUT2D eigenvalue weighted by molar-refractivity contribution is -0.384. The number of nitro benzene ring substituents is 1. The van der Waals surface area contributed by atoms with Gasteiger partial charge in [-0.2, -0.15) is 0 Å². The van der Waals surface area contributed by atoms with Crippen LogP contribution >= 0.6 is 11.6 Å². The van der Waals surface area contributed by atoms with Gasteiger partial charge in [0.15, 0.2) is 0 Å². The summed E-state index contributed by atoms with van der Waals surface area (Å²) in [6, 6.07) is 6.66. The maximum Gasteiger partial charge on any atom is 0.269 e. The smallest absolute Gasteiger partial charge is 0.258 e. The van der Waals surface area contributed by atoms with Crippen LogP contribution in [-0.4, -0.2) is 10.3 Å². The third-order valence-corrected chi connectivity index (χ3v) is 3.69. The number of hydrogen-bond acceptors (Lipinski definition) is 2. The van der Waals surface area contributed by atoms with Crippen LogP contribution in [0.15, 0.2) is 24.3 Å². The number of halogens is 1. The predicted octanol–water partition coefficient (Wildman–Crippen LogP) is 3.40. The molecule has 1 aromatic carbocycles. The molecule has 0 heterocycles. The molecule has 0 amide bonds. The third-order valence-electron chi connectivity index (χ3n) is 3.21. The summed E-state index contributed by atoms with van der Waals surface area (Å²) in [7, 11) is 0. The van der Waals surface area contributed by atoms with Gasteiger partial charge in [-0.3, -0.25) is 10.1 Å². The quantitative estimate of drug-likeness (QED) is 0.459. The number of hydrogen-bond donors (Lipinski definition) is 0. The van der Waals surface area contributed by atoms with Gasteiger partial charge in [0.2, 0.25) is 0 Å². The summed E-state index contributed by atoms with van der Waals surface area (Å²) in [6.07, 6.45) is 2.01. The summed E-state index contributed by atoms with van der Waals surface area (Å²) in [6.45, 7) is 2.20. The first-order chi connectivity index (χ1) is 7.58. The Hall–Kier alpha value is -1.09. The van der Waals surface area contributed by atoms with E-state index in [1.807, 2.05) is 0 Å². The molecule has 1 saturated carbocycles. The molecule has 2 rings (SSSR count). The fourth-order valence-corrected chi connectivity index (χ4v) is 2.51. The Bertz CT molecular complexity index is 391. The first-order valence-corrected chi connectivity index (χ1v) is 5.89. The standard InChI is InChI=1S/C12H14ClNO2/c1-8-6-11(8)12(13)7-9-2-4-10(5-3-9)14(15)16/h2-5,8,11-12H,6-7H2,1H3. The van der Waals surface area contributed by atoms with E-state index in [-0.39, 0.29) is 16.0 Å². The molecular weight excluding hydrogens is 226 g/mol. The molecule has 0 radical (unpaired) electrons. The van der Waals surface area contributed by atoms with E-state index in [1.165, 1.54) is 18.6 Å². The van der Waals surface area contributed by atoms with Gasteiger partial charge in [0.1, 0.15) is 0 Å². The topological polar surface area (TPSA) is 43.1 Å². The van der Waals surface area contributed by atoms with E-state index in [2.05, 4.69) is 6.92 Å². The first-order valence-electron chi connectivity index (χ1n) is 5.45. The summed E-state index contributed by atoms with van der Waals surface area (Å²) in [5.74, 6) is 1.36. The first kappa shape index (κ1) is 11.4. The van der Waals surface area contributed by atoms with Crippen LogP contribution in [0.1, 0.15) is 18.9 Å². The Morgan fingerprint density at radius 3 is 2.50 bits per heavy atom. The van der Waals surface area contributed by atoms with Gasteiger partial charge in [0, 0.05) is 17.5 Å². The molecule has 0 spiro atoms. The zero-order valence-corrected chi connectivity index (χ0v) is 9.85. The van der Waals surface area contributed by atoms with Crippen LogP contribution in [0.2, 0.25) is 0 Å². The molecule has 3 nitrogen and oxygen atoms in total. The minimum atomic E-state index is -0.384. The summed E-state index contributed by atoms with van der Waals surface area (Å²) in [5.41, 5.74) is 1.21. The van der Waals surface area contributed by atoms with Crippen LogP contribution in [0.4, 0.5) is 5.69 Å². The van der Waals surface area contributed by atoms with Crippen LogP contribution in [0, 0.1) is 22.0 Å². The molecule has 3 unspecified atom stereocenters. The van der Waals surface area contributed by atoms with E-state index in [0.29, 0.717) is 5.92 Å². The molecule has 1 fully saturated rings. The minimum Gasteiger partial charge on any atom is -0.258 e. The summed E-state index contributed by atoms with van der Waals surface area (Å²) in [4.78, 5) is 10.1. The SMILES string of the molecule is CC1CC1C(Cl)Cc1ccc([N+](=O)[O-])cc1. The molecule has 0 N–H and O–H groups in total. The van der Waals surface area contributed by atoms with Crippen molar-refractivity contribution < 1.29 is 4.92 Å². The number of alkyl halides is 1. The van der Waals surface area contributed by atoms with Crippen molar-refractivity contribution in [2.24, 2.45) is 11.8 Å². The van der Waals surface area contributed by atoms with Crippen LogP contribution < -0.4 is 0 Å². The van der Waals surface area contributed by atoms with Crippen molar-refractivity contribution in [3.63, 3.8) is 0 Å². The highest BCUT2D eigenvalue weighted by atomic mass is 35.5. The normalized spacial score (nSPS) is 25.1. The summed E-state index contributed by atoms with van der Waals surface area (Å²) >= 11 is 6.28. The fraction of sp³-hybridized carbons (Fsp3) is 0.500. The van der Waals surface area contributed by atoms with Gasteiger partial charge in [0.25, 0.3) is 5.69 Å². The molecule has 1 aliphatic carbocycles. The second-order valence-electron chi connectivity index (χ2n) is 4.52. The van der Waals surface area contributed by atoms with Crippen LogP contribution in [0.5, 0.6) is 0 Å². The van der Waals surface area contributed by atoms with Gasteiger partial charge in [-0.15, -0.1) is 11.6 Å². The maximum atomic E-state index is 10.5. The second kappa shape index (κ2) is 4.42. The van der Waals surface area contributed by atoms with Crippen molar-refractivity contribution >= 4 is 17.3 Å². The average Bonchev–Trinajstić information content (AvgIpc) is 2.96. The van der Waals surface area contributed by atoms with Crippen LogP contribution in [-0.2, 0) is 6.42 Å². The zero-order valence-electron chi connectivity index (χ0n) is 9.10. The van der Waals surface area contributed by atoms with Crippen molar-refractivity contribution in [1.82, 2.24) is 0 Å². The lowest BCUT2D eigenvalue weighted by atomic mass is 10.1. The van der Waals surface area contributed by atoms with E-state index in [0.717, 1.165) is 17.9 Å². The molecular formula is C12H14ClNO2. The summed E-state index contributed by atoms with van der Waals surface area (Å²) < 4.78 is 0. The molecule has 0 aliphatic heterocycles. The Kier molecular flexibility index (Phi) is 3.15. The highest BCUT2D eigenvalue weighted by molar-refractivity contribution is 6.21. The summed E-state index contributed by atoms with van der Waals surface area (Å²) in [5, 5.41) is 10.6. The van der Waals surface area contributed by atoms with Crippen molar-refractivity contribution in [1.29, 1.82) is 0 Å². The van der Waals surface area contributed by atoms with Gasteiger partial charge in [0.05, 0.1) is 4.92 Å². The predicted molar refractivity (Wildman–Crippen MR) is 63.7 cm³/mol. The monoisotopic (exact) mass is 239 g/mol. The zero-order chi connectivity index (χ0) is 11.7. The average molecular weight is 240 g/mol. The Balaban J connectivity index is 1.97. The highest BCUT2D eigenvalue weighted by Gasteiger charge is 2.38. The van der Waals surface area contributed by atoms with Crippen LogP contribution in [0.25, 0.3) is 0 Å². The lowest BCUT2D eigenvalue weighted by Crippen LogP contribution is -2.06. The molecule has 86 valence electrons. The van der Waals surface area contributed by atoms with Gasteiger partial charge < -0.3 is 0 Å². The van der Waals surface area contributed by atoms with E-state index in [4.69, 9.17) is 11.6 Å². The molecule has 0 saturated heterocycles. The molecule has 0 aromatic heterocycles. The fourth-order valence-electron chi connectivity index (χ4n) is 1.99. The molecule has 16 heavy (non-hydrogen) atoms. The Labute approximate surface area is 99.6 Å². The van der Waals surface area contributed by atoms with E-state index < -0.39 is 0 Å². The largest absolute Gasteiger partial charge is 0.269 e. The number of benzene rings is 1. The molecule has 1 aromatic rings. The van der Waals surface area contributed by atoms with E-state index in [1.54, 1.807) is 12.1 Å². The molecule has 1 aliphatic rings. The van der Waals surface area contributed by atoms with Gasteiger partial charge >= 0.3 is 0 Å². The van der Waals surface area contributed by atoms with E-state index >= 15 is 0 Å². The Morgan fingerprint density at radius 2 is 2.06 bits per heavy atom.